The normalized spacial score (nSPS) is 11.2. The number of hydrogen-bond donors (Lipinski definition) is 1. The first kappa shape index (κ1) is 21.9. The number of anilines is 1. The van der Waals surface area contributed by atoms with E-state index in [1.54, 1.807) is 13.0 Å². The van der Waals surface area contributed by atoms with Crippen molar-refractivity contribution in [3.05, 3.63) is 71.0 Å². The maximum absolute atomic E-state index is 13.0. The van der Waals surface area contributed by atoms with Gasteiger partial charge < -0.3 is 14.8 Å². The molecule has 0 aliphatic carbocycles. The molecule has 162 valence electrons. The Morgan fingerprint density at radius 2 is 1.81 bits per heavy atom. The molecule has 2 aromatic carbocycles. The zero-order valence-corrected chi connectivity index (χ0v) is 16.8. The monoisotopic (exact) mass is 433 g/mol. The van der Waals surface area contributed by atoms with Crippen molar-refractivity contribution in [2.45, 2.75) is 13.1 Å². The van der Waals surface area contributed by atoms with Crippen LogP contribution >= 0.6 is 0 Å². The number of alkyl halides is 3. The maximum Gasteiger partial charge on any atom is 0.416 e. The zero-order chi connectivity index (χ0) is 22.8. The number of nitrogens with zero attached hydrogens (tertiary/aromatic N) is 2. The van der Waals surface area contributed by atoms with Gasteiger partial charge >= 0.3 is 12.1 Å². The van der Waals surface area contributed by atoms with Crippen LogP contribution in [0.4, 0.5) is 18.9 Å². The summed E-state index contributed by atoms with van der Waals surface area (Å²) in [6.45, 7) is 1.55. The molecule has 3 aromatic rings. The van der Waals surface area contributed by atoms with Gasteiger partial charge in [-0.05, 0) is 43.3 Å². The molecule has 1 amide bonds. The van der Waals surface area contributed by atoms with Crippen LogP contribution in [-0.2, 0) is 10.9 Å². The number of methoxy groups -OCH3 is 2. The SMILES string of the molecule is COC(=O)c1cc(OC)ccc1NC(=O)c1cnn(-c2cccc(C(F)(F)F)c2)c1C. The third kappa shape index (κ3) is 4.52. The van der Waals surface area contributed by atoms with Gasteiger partial charge in [0.05, 0.1) is 54.2 Å². The molecule has 0 atom stereocenters. The van der Waals surface area contributed by atoms with Crippen molar-refractivity contribution in [1.82, 2.24) is 9.78 Å². The average Bonchev–Trinajstić information content (AvgIpc) is 3.14. The summed E-state index contributed by atoms with van der Waals surface area (Å²) in [5.41, 5.74) is 0.0499. The van der Waals surface area contributed by atoms with E-state index in [0.717, 1.165) is 12.1 Å². The molecule has 7 nitrogen and oxygen atoms in total. The van der Waals surface area contributed by atoms with Gasteiger partial charge in [0.1, 0.15) is 5.75 Å². The van der Waals surface area contributed by atoms with Crippen molar-refractivity contribution < 1.29 is 32.2 Å². The molecule has 0 saturated carbocycles. The standard InChI is InChI=1S/C21H18F3N3O4/c1-12-17(11-25-27(12)14-6-4-5-13(9-14)21(22,23)24)19(28)26-18-8-7-15(30-2)10-16(18)20(29)31-3/h4-11H,1-3H3,(H,26,28). The molecule has 0 bridgehead atoms. The zero-order valence-electron chi connectivity index (χ0n) is 16.8. The molecule has 0 fully saturated rings. The van der Waals surface area contributed by atoms with Crippen LogP contribution in [0, 0.1) is 6.92 Å². The molecule has 0 unspecified atom stereocenters. The largest absolute Gasteiger partial charge is 0.497 e. The molecule has 0 aliphatic heterocycles. The average molecular weight is 433 g/mol. The number of carbonyl (C=O) groups excluding carboxylic acids is 2. The number of halogens is 3. The van der Waals surface area contributed by atoms with Crippen molar-refractivity contribution in [1.29, 1.82) is 0 Å². The predicted octanol–water partition coefficient (Wildman–Crippen LogP) is 4.25. The molecular formula is C21H18F3N3O4. The van der Waals surface area contributed by atoms with Crippen molar-refractivity contribution in [2.24, 2.45) is 0 Å². The predicted molar refractivity (Wildman–Crippen MR) is 106 cm³/mol. The Kier molecular flexibility index (Phi) is 6.00. The molecule has 10 heteroatoms. The number of rotatable bonds is 5. The summed E-state index contributed by atoms with van der Waals surface area (Å²) in [6, 6.07) is 9.07. The van der Waals surface area contributed by atoms with Crippen LogP contribution in [0.2, 0.25) is 0 Å². The summed E-state index contributed by atoms with van der Waals surface area (Å²) in [7, 11) is 2.64. The Labute approximate surface area is 175 Å². The Bertz CT molecular complexity index is 1140. The van der Waals surface area contributed by atoms with E-state index in [2.05, 4.69) is 10.4 Å². The molecule has 0 spiro atoms. The van der Waals surface area contributed by atoms with E-state index >= 15 is 0 Å². The molecule has 0 radical (unpaired) electrons. The number of ether oxygens (including phenoxy) is 2. The van der Waals surface area contributed by atoms with Crippen molar-refractivity contribution in [2.75, 3.05) is 19.5 Å². The summed E-state index contributed by atoms with van der Waals surface area (Å²) >= 11 is 0. The van der Waals surface area contributed by atoms with Gasteiger partial charge in [0.2, 0.25) is 0 Å². The maximum atomic E-state index is 13.0. The van der Waals surface area contributed by atoms with Crippen LogP contribution in [0.3, 0.4) is 0 Å². The molecule has 0 aliphatic rings. The van der Waals surface area contributed by atoms with E-state index in [1.807, 2.05) is 0 Å². The topological polar surface area (TPSA) is 82.4 Å². The molecule has 1 heterocycles. The number of hydrogen-bond acceptors (Lipinski definition) is 5. The lowest BCUT2D eigenvalue weighted by atomic mass is 10.1. The fourth-order valence-electron chi connectivity index (χ4n) is 2.93. The minimum Gasteiger partial charge on any atom is -0.497 e. The van der Waals surface area contributed by atoms with Crippen molar-refractivity contribution in [3.63, 3.8) is 0 Å². The minimum atomic E-state index is -4.50. The lowest BCUT2D eigenvalue weighted by Gasteiger charge is -2.12. The highest BCUT2D eigenvalue weighted by Crippen LogP contribution is 2.31. The van der Waals surface area contributed by atoms with Crippen LogP contribution < -0.4 is 10.1 Å². The van der Waals surface area contributed by atoms with E-state index in [0.29, 0.717) is 11.4 Å². The molecule has 0 saturated heterocycles. The highest BCUT2D eigenvalue weighted by Gasteiger charge is 2.31. The molecular weight excluding hydrogens is 415 g/mol. The first-order valence-electron chi connectivity index (χ1n) is 8.95. The first-order valence-corrected chi connectivity index (χ1v) is 8.95. The van der Waals surface area contributed by atoms with E-state index in [-0.39, 0.29) is 22.5 Å². The molecule has 1 aromatic heterocycles. The Hall–Kier alpha value is -3.82. The van der Waals surface area contributed by atoms with Crippen LogP contribution in [0.15, 0.2) is 48.7 Å². The smallest absolute Gasteiger partial charge is 0.416 e. The summed E-state index contributed by atoms with van der Waals surface area (Å²) in [6.07, 6.45) is -3.26. The quantitative estimate of drug-likeness (QED) is 0.609. The van der Waals surface area contributed by atoms with Crippen LogP contribution in [0.25, 0.3) is 5.69 Å². The highest BCUT2D eigenvalue weighted by atomic mass is 19.4. The van der Waals surface area contributed by atoms with Gasteiger partial charge in [0.25, 0.3) is 5.91 Å². The third-order valence-corrected chi connectivity index (χ3v) is 4.55. The number of carbonyl (C=O) groups is 2. The van der Waals surface area contributed by atoms with Crippen molar-refractivity contribution >= 4 is 17.6 Å². The third-order valence-electron chi connectivity index (χ3n) is 4.55. The summed E-state index contributed by atoms with van der Waals surface area (Å²) in [5, 5.41) is 6.66. The second-order valence-corrected chi connectivity index (χ2v) is 6.46. The van der Waals surface area contributed by atoms with Crippen LogP contribution in [-0.4, -0.2) is 35.9 Å². The molecule has 1 N–H and O–H groups in total. The van der Waals surface area contributed by atoms with Crippen molar-refractivity contribution in [3.8, 4) is 11.4 Å². The fraction of sp³-hybridized carbons (Fsp3) is 0.190. The number of benzene rings is 2. The van der Waals surface area contributed by atoms with E-state index in [1.165, 1.54) is 49.4 Å². The van der Waals surface area contributed by atoms with Crippen LogP contribution in [0.5, 0.6) is 5.75 Å². The Morgan fingerprint density at radius 3 is 2.45 bits per heavy atom. The minimum absolute atomic E-state index is 0.0816. The summed E-state index contributed by atoms with van der Waals surface area (Å²) in [4.78, 5) is 24.8. The fourth-order valence-corrected chi connectivity index (χ4v) is 2.93. The van der Waals surface area contributed by atoms with Gasteiger partial charge in [-0.1, -0.05) is 6.07 Å². The lowest BCUT2D eigenvalue weighted by molar-refractivity contribution is -0.137. The second kappa shape index (κ2) is 8.50. The van der Waals surface area contributed by atoms with E-state index in [9.17, 15) is 22.8 Å². The summed E-state index contributed by atoms with van der Waals surface area (Å²) < 4.78 is 50.1. The van der Waals surface area contributed by atoms with Gasteiger partial charge in [0, 0.05) is 0 Å². The molecule has 3 rings (SSSR count). The van der Waals surface area contributed by atoms with Gasteiger partial charge in [-0.15, -0.1) is 0 Å². The van der Waals surface area contributed by atoms with E-state index < -0.39 is 23.6 Å². The van der Waals surface area contributed by atoms with E-state index in [4.69, 9.17) is 9.47 Å². The Balaban J connectivity index is 1.92. The van der Waals surface area contributed by atoms with Gasteiger partial charge in [0.15, 0.2) is 0 Å². The summed E-state index contributed by atoms with van der Waals surface area (Å²) in [5.74, 6) is -0.872. The highest BCUT2D eigenvalue weighted by molar-refractivity contribution is 6.08. The number of esters is 1. The van der Waals surface area contributed by atoms with Crippen LogP contribution in [0.1, 0.15) is 32.0 Å². The number of amides is 1. The van der Waals surface area contributed by atoms with Gasteiger partial charge in [-0.25, -0.2) is 9.48 Å². The second-order valence-electron chi connectivity index (χ2n) is 6.46. The Morgan fingerprint density at radius 1 is 1.06 bits per heavy atom. The number of aromatic nitrogens is 2. The first-order chi connectivity index (χ1) is 14.7. The lowest BCUT2D eigenvalue weighted by Crippen LogP contribution is -2.16. The van der Waals surface area contributed by atoms with Gasteiger partial charge in [-0.2, -0.15) is 18.3 Å². The molecule has 31 heavy (non-hydrogen) atoms. The van der Waals surface area contributed by atoms with Gasteiger partial charge in [-0.3, -0.25) is 4.79 Å². The number of nitrogens with one attached hydrogen (secondary N) is 1.